The number of aryl methyl sites for hydroxylation is 2. The van der Waals surface area contributed by atoms with E-state index in [4.69, 9.17) is 0 Å². The fourth-order valence-corrected chi connectivity index (χ4v) is 2.97. The molecule has 128 valence electrons. The molecule has 26 heavy (non-hydrogen) atoms. The molecule has 3 rings (SSSR count). The van der Waals surface area contributed by atoms with Crippen molar-refractivity contribution in [3.63, 3.8) is 0 Å². The van der Waals surface area contributed by atoms with Gasteiger partial charge in [-0.05, 0) is 60.0 Å². The summed E-state index contributed by atoms with van der Waals surface area (Å²) in [6.45, 7) is 3.88. The number of hydrogen-bond donors (Lipinski definition) is 2. The Hall–Kier alpha value is -3.58. The van der Waals surface area contributed by atoms with Gasteiger partial charge in [0.1, 0.15) is 17.4 Å². The number of rotatable bonds is 3. The lowest BCUT2D eigenvalue weighted by Gasteiger charge is -2.08. The minimum atomic E-state index is -0.509. The van der Waals surface area contributed by atoms with Gasteiger partial charge < -0.3 is 10.4 Å². The number of amides is 1. The van der Waals surface area contributed by atoms with Crippen LogP contribution in [0.2, 0.25) is 0 Å². The van der Waals surface area contributed by atoms with Gasteiger partial charge in [-0.1, -0.05) is 36.4 Å². The summed E-state index contributed by atoms with van der Waals surface area (Å²) in [7, 11) is 0. The molecule has 0 saturated heterocycles. The maximum absolute atomic E-state index is 12.5. The van der Waals surface area contributed by atoms with Crippen molar-refractivity contribution in [3.05, 3.63) is 76.9 Å². The molecule has 0 spiro atoms. The summed E-state index contributed by atoms with van der Waals surface area (Å²) >= 11 is 0. The highest BCUT2D eigenvalue weighted by molar-refractivity contribution is 6.11. The Kier molecular flexibility index (Phi) is 4.72. The number of phenolic OH excluding ortho intramolecular Hbond substituents is 1. The molecule has 2 N–H and O–H groups in total. The van der Waals surface area contributed by atoms with Crippen LogP contribution in [0, 0.1) is 25.2 Å². The standard InChI is InChI=1S/C22H18N2O2/c1-14-9-15(2)11-18(10-14)24-22(26)17(13-23)12-20-19-6-4-3-5-16(19)7-8-21(20)25/h3-12,25H,1-2H3,(H,24,26)/b17-12+. The molecule has 3 aromatic carbocycles. The molecule has 0 atom stereocenters. The van der Waals surface area contributed by atoms with E-state index in [-0.39, 0.29) is 11.3 Å². The number of nitrogens with one attached hydrogen (secondary N) is 1. The van der Waals surface area contributed by atoms with Crippen molar-refractivity contribution in [2.75, 3.05) is 5.32 Å². The van der Waals surface area contributed by atoms with Crippen molar-refractivity contribution in [3.8, 4) is 11.8 Å². The third-order valence-electron chi connectivity index (χ3n) is 4.08. The lowest BCUT2D eigenvalue weighted by atomic mass is 10.0. The topological polar surface area (TPSA) is 73.1 Å². The first-order chi connectivity index (χ1) is 12.5. The van der Waals surface area contributed by atoms with Crippen LogP contribution < -0.4 is 5.32 Å². The fourth-order valence-electron chi connectivity index (χ4n) is 2.97. The van der Waals surface area contributed by atoms with E-state index in [2.05, 4.69) is 5.32 Å². The second-order valence-corrected chi connectivity index (χ2v) is 6.22. The first-order valence-corrected chi connectivity index (χ1v) is 8.20. The zero-order valence-corrected chi connectivity index (χ0v) is 14.6. The van der Waals surface area contributed by atoms with E-state index in [1.165, 1.54) is 6.08 Å². The summed E-state index contributed by atoms with van der Waals surface area (Å²) < 4.78 is 0. The van der Waals surface area contributed by atoms with Crippen LogP contribution in [-0.2, 0) is 4.79 Å². The van der Waals surface area contributed by atoms with Crippen molar-refractivity contribution < 1.29 is 9.90 Å². The fraction of sp³-hybridized carbons (Fsp3) is 0.0909. The van der Waals surface area contributed by atoms with Crippen LogP contribution in [0.3, 0.4) is 0 Å². The van der Waals surface area contributed by atoms with Crippen molar-refractivity contribution in [2.24, 2.45) is 0 Å². The highest BCUT2D eigenvalue weighted by atomic mass is 16.3. The highest BCUT2D eigenvalue weighted by Crippen LogP contribution is 2.29. The third-order valence-corrected chi connectivity index (χ3v) is 4.08. The minimum Gasteiger partial charge on any atom is -0.507 e. The highest BCUT2D eigenvalue weighted by Gasteiger charge is 2.13. The normalized spacial score (nSPS) is 11.2. The molecule has 1 amide bonds. The lowest BCUT2D eigenvalue weighted by molar-refractivity contribution is -0.112. The number of nitriles is 1. The quantitative estimate of drug-likeness (QED) is 0.535. The molecular formula is C22H18N2O2. The summed E-state index contributed by atoms with van der Waals surface area (Å²) in [5.74, 6) is -0.486. The molecule has 0 aromatic heterocycles. The van der Waals surface area contributed by atoms with E-state index >= 15 is 0 Å². The Labute approximate surface area is 152 Å². The Morgan fingerprint density at radius 3 is 2.46 bits per heavy atom. The van der Waals surface area contributed by atoms with Gasteiger partial charge in [0.25, 0.3) is 5.91 Å². The van der Waals surface area contributed by atoms with Gasteiger partial charge in [0.15, 0.2) is 0 Å². The number of phenols is 1. The van der Waals surface area contributed by atoms with Gasteiger partial charge >= 0.3 is 0 Å². The number of anilines is 1. The van der Waals surface area contributed by atoms with Crippen molar-refractivity contribution in [1.82, 2.24) is 0 Å². The zero-order valence-electron chi connectivity index (χ0n) is 14.6. The summed E-state index contributed by atoms with van der Waals surface area (Å²) in [5.41, 5.74) is 3.06. The molecule has 0 aliphatic rings. The van der Waals surface area contributed by atoms with Gasteiger partial charge in [-0.15, -0.1) is 0 Å². The van der Waals surface area contributed by atoms with Gasteiger partial charge in [-0.25, -0.2) is 0 Å². The molecule has 4 heteroatoms. The van der Waals surface area contributed by atoms with Gasteiger partial charge in [0.2, 0.25) is 0 Å². The molecule has 0 radical (unpaired) electrons. The van der Waals surface area contributed by atoms with Crippen LogP contribution >= 0.6 is 0 Å². The SMILES string of the molecule is Cc1cc(C)cc(NC(=O)/C(C#N)=C/c2c(O)ccc3ccccc23)c1. The maximum Gasteiger partial charge on any atom is 0.266 e. The van der Waals surface area contributed by atoms with Crippen molar-refractivity contribution in [1.29, 1.82) is 5.26 Å². The Morgan fingerprint density at radius 2 is 1.77 bits per heavy atom. The summed E-state index contributed by atoms with van der Waals surface area (Å²) in [4.78, 5) is 12.5. The van der Waals surface area contributed by atoms with Crippen molar-refractivity contribution in [2.45, 2.75) is 13.8 Å². The number of aromatic hydroxyl groups is 1. The molecule has 0 aliphatic carbocycles. The Bertz CT molecular complexity index is 1050. The van der Waals surface area contributed by atoms with Gasteiger partial charge in [0.05, 0.1) is 0 Å². The van der Waals surface area contributed by atoms with E-state index in [0.717, 1.165) is 21.9 Å². The molecule has 3 aromatic rings. The molecule has 0 fully saturated rings. The molecule has 0 aliphatic heterocycles. The average molecular weight is 342 g/mol. The molecule has 0 heterocycles. The lowest BCUT2D eigenvalue weighted by Crippen LogP contribution is -2.13. The van der Waals surface area contributed by atoms with E-state index < -0.39 is 5.91 Å². The van der Waals surface area contributed by atoms with E-state index in [1.807, 2.05) is 62.4 Å². The number of hydrogen-bond acceptors (Lipinski definition) is 3. The largest absolute Gasteiger partial charge is 0.507 e. The van der Waals surface area contributed by atoms with Gasteiger partial charge in [-0.2, -0.15) is 5.26 Å². The smallest absolute Gasteiger partial charge is 0.266 e. The predicted octanol–water partition coefficient (Wildman–Crippen LogP) is 4.71. The number of fused-ring (bicyclic) bond motifs is 1. The number of carbonyl (C=O) groups excluding carboxylic acids is 1. The average Bonchev–Trinajstić information content (AvgIpc) is 2.60. The first kappa shape index (κ1) is 17.2. The molecule has 0 unspecified atom stereocenters. The summed E-state index contributed by atoms with van der Waals surface area (Å²) in [6, 6.07) is 18.5. The third kappa shape index (κ3) is 3.57. The van der Waals surface area contributed by atoms with Crippen LogP contribution in [0.4, 0.5) is 5.69 Å². The second-order valence-electron chi connectivity index (χ2n) is 6.22. The van der Waals surface area contributed by atoms with Crippen LogP contribution in [0.25, 0.3) is 16.8 Å². The maximum atomic E-state index is 12.5. The van der Waals surface area contributed by atoms with E-state index in [9.17, 15) is 15.2 Å². The predicted molar refractivity (Wildman–Crippen MR) is 104 cm³/mol. The van der Waals surface area contributed by atoms with Crippen LogP contribution in [-0.4, -0.2) is 11.0 Å². The molecule has 0 bridgehead atoms. The van der Waals surface area contributed by atoms with Gasteiger partial charge in [-0.3, -0.25) is 4.79 Å². The second kappa shape index (κ2) is 7.12. The molecular weight excluding hydrogens is 324 g/mol. The van der Waals surface area contributed by atoms with Gasteiger partial charge in [0, 0.05) is 11.3 Å². The Morgan fingerprint density at radius 1 is 1.08 bits per heavy atom. The minimum absolute atomic E-state index is 0.0238. The van der Waals surface area contributed by atoms with Crippen LogP contribution in [0.15, 0.2) is 60.2 Å². The number of carbonyl (C=O) groups is 1. The van der Waals surface area contributed by atoms with Crippen LogP contribution in [0.1, 0.15) is 16.7 Å². The number of nitrogens with zero attached hydrogens (tertiary/aromatic N) is 1. The molecule has 4 nitrogen and oxygen atoms in total. The zero-order chi connectivity index (χ0) is 18.7. The summed E-state index contributed by atoms with van der Waals surface area (Å²) in [6.07, 6.45) is 1.43. The summed E-state index contributed by atoms with van der Waals surface area (Å²) in [5, 5.41) is 24.1. The molecule has 0 saturated carbocycles. The van der Waals surface area contributed by atoms with Crippen molar-refractivity contribution >= 4 is 28.4 Å². The van der Waals surface area contributed by atoms with E-state index in [1.54, 1.807) is 12.1 Å². The van der Waals surface area contributed by atoms with E-state index in [0.29, 0.717) is 11.3 Å². The van der Waals surface area contributed by atoms with Crippen LogP contribution in [0.5, 0.6) is 5.75 Å². The first-order valence-electron chi connectivity index (χ1n) is 8.20. The number of benzene rings is 3. The monoisotopic (exact) mass is 342 g/mol. The Balaban J connectivity index is 2.00.